The Morgan fingerprint density at radius 1 is 0.714 bits per heavy atom. The molecule has 0 aliphatic heterocycles. The van der Waals surface area contributed by atoms with Crippen LogP contribution < -0.4 is 5.19 Å². The van der Waals surface area contributed by atoms with E-state index in [0.29, 0.717) is 0 Å². The Morgan fingerprint density at radius 2 is 0.952 bits per heavy atom. The summed E-state index contributed by atoms with van der Waals surface area (Å²) < 4.78 is 72.7. The van der Waals surface area contributed by atoms with Crippen molar-refractivity contribution in [3.63, 3.8) is 0 Å². The zero-order chi connectivity index (χ0) is 17.0. The van der Waals surface area contributed by atoms with Gasteiger partial charge in [0.25, 0.3) is 8.80 Å². The first kappa shape index (κ1) is 29.0. The molecule has 1 aromatic rings. The van der Waals surface area contributed by atoms with Crippen molar-refractivity contribution in [1.29, 1.82) is 0 Å². The van der Waals surface area contributed by atoms with Crippen LogP contribution in [0.3, 0.4) is 0 Å². The number of hydrogen-bond donors (Lipinski definition) is 3. The van der Waals surface area contributed by atoms with Gasteiger partial charge in [0.2, 0.25) is 0 Å². The van der Waals surface area contributed by atoms with E-state index in [1.807, 2.05) is 0 Å². The normalized spacial score (nSPS) is 9.95. The molecule has 0 amide bonds. The van der Waals surface area contributed by atoms with E-state index in [1.54, 1.807) is 0 Å². The first-order chi connectivity index (χ1) is 9.23. The third kappa shape index (κ3) is 12.2. The molecule has 0 unspecified atom stereocenters. The van der Waals surface area contributed by atoms with E-state index in [-0.39, 0.29) is 26.2 Å². The van der Waals surface area contributed by atoms with Gasteiger partial charge in [0.1, 0.15) is 0 Å². The van der Waals surface area contributed by atoms with Crippen molar-refractivity contribution >= 4 is 14.0 Å². The van der Waals surface area contributed by atoms with Crippen molar-refractivity contribution in [3.05, 3.63) is 24.3 Å². The number of aliphatic hydroxyl groups excluding tert-OH is 3. The number of rotatable bonds is 1. The molecule has 0 aliphatic carbocycles. The van der Waals surface area contributed by atoms with Crippen LogP contribution in [0.1, 0.15) is 0 Å². The summed E-state index contributed by atoms with van der Waals surface area (Å²) in [7, 11) is -1.92. The van der Waals surface area contributed by atoms with Crippen LogP contribution in [0.5, 0.6) is 0 Å². The van der Waals surface area contributed by atoms with Gasteiger partial charge in [-0.3, -0.25) is 0 Å². The molecule has 126 valence electrons. The number of alkyl halides is 6. The van der Waals surface area contributed by atoms with Crippen LogP contribution in [-0.2, 0) is 26.2 Å². The van der Waals surface area contributed by atoms with Gasteiger partial charge < -0.3 is 15.3 Å². The molecule has 21 heavy (non-hydrogen) atoms. The second-order valence-electron chi connectivity index (χ2n) is 2.73. The third-order valence-electron chi connectivity index (χ3n) is 1.68. The molecule has 0 fully saturated rings. The topological polar surface area (TPSA) is 60.7 Å². The van der Waals surface area contributed by atoms with Crippen LogP contribution in [0.4, 0.5) is 26.3 Å². The maximum atomic E-state index is 12.1. The summed E-state index contributed by atoms with van der Waals surface area (Å²) >= 11 is 0. The molecule has 0 saturated heterocycles. The van der Waals surface area contributed by atoms with Crippen LogP contribution >= 0.6 is 0 Å². The fraction of sp³-hybridized carbons (Fsp3) is 0.500. The largest absolute Gasteiger partial charge is 0.400 e. The first-order valence-corrected chi connectivity index (χ1v) is 6.65. The molecule has 0 heterocycles. The van der Waals surface area contributed by atoms with Gasteiger partial charge in [-0.05, 0) is 0 Å². The summed E-state index contributed by atoms with van der Waals surface area (Å²) in [5, 5.41) is 20.4. The van der Waals surface area contributed by atoms with Crippen molar-refractivity contribution in [1.82, 2.24) is 0 Å². The Balaban J connectivity index is -0.000000183. The van der Waals surface area contributed by atoms with Gasteiger partial charge in [0.15, 0.2) is 0 Å². The van der Waals surface area contributed by atoms with Crippen molar-refractivity contribution in [2.75, 3.05) is 21.3 Å². The van der Waals surface area contributed by atoms with Crippen molar-refractivity contribution in [3.8, 4) is 0 Å². The number of halogens is 6. The molecule has 3 N–H and O–H groups in total. The maximum absolute atomic E-state index is 12.1. The first-order valence-electron chi connectivity index (χ1n) is 4.92. The summed E-state index contributed by atoms with van der Waals surface area (Å²) in [6.45, 7) is 0. The van der Waals surface area contributed by atoms with Gasteiger partial charge in [-0.2, -0.15) is 38.5 Å². The average molecular weight is 419 g/mol. The van der Waals surface area contributed by atoms with E-state index in [1.165, 1.54) is 12.1 Å². The maximum Gasteiger partial charge on any atom is 0.361 e. The summed E-state index contributed by atoms with van der Waals surface area (Å²) in [6, 6.07) is 4.09. The standard InChI is InChI=1S/C7H5F6Si.3CH4O.Zr/c8-6(9,10)14(7(11,12)13)5-3-1-2-4-5;3*1-2;/h1-4,14H;3*2H,1H3;/q-1;;;;. The Labute approximate surface area is 139 Å². The van der Waals surface area contributed by atoms with E-state index in [0.717, 1.165) is 33.5 Å². The summed E-state index contributed by atoms with van der Waals surface area (Å²) in [5.74, 6) is -10.3. The van der Waals surface area contributed by atoms with Gasteiger partial charge in [-0.15, -0.1) is 5.19 Å². The van der Waals surface area contributed by atoms with Crippen LogP contribution in [0.25, 0.3) is 0 Å². The van der Waals surface area contributed by atoms with E-state index < -0.39 is 25.6 Å². The Kier molecular flexibility index (Phi) is 20.5. The minimum Gasteiger partial charge on any atom is -0.400 e. The van der Waals surface area contributed by atoms with Crippen LogP contribution in [0, 0.1) is 0 Å². The molecule has 0 aliphatic rings. The van der Waals surface area contributed by atoms with E-state index in [2.05, 4.69) is 0 Å². The van der Waals surface area contributed by atoms with Gasteiger partial charge in [0, 0.05) is 47.5 Å². The summed E-state index contributed by atoms with van der Waals surface area (Å²) in [4.78, 5) is 0. The average Bonchev–Trinajstić information content (AvgIpc) is 2.86. The third-order valence-corrected chi connectivity index (χ3v) is 4.04. The molecule has 11 heteroatoms. The molecule has 3 nitrogen and oxygen atoms in total. The van der Waals surface area contributed by atoms with Gasteiger partial charge in [0.05, 0.1) is 0 Å². The minimum absolute atomic E-state index is 0. The minimum atomic E-state index is -5.16. The fourth-order valence-corrected chi connectivity index (χ4v) is 2.88. The Hall–Kier alpha value is -0.0900. The van der Waals surface area contributed by atoms with Crippen molar-refractivity contribution < 1.29 is 67.9 Å². The monoisotopic (exact) mass is 417 g/mol. The SMILES string of the molecule is CO.CO.CO.FC(F)(F)[SiH]([c-]1cccc1)C(F)(F)F.[Zr]. The summed E-state index contributed by atoms with van der Waals surface area (Å²) in [6.07, 6.45) is 0. The Morgan fingerprint density at radius 3 is 1.14 bits per heavy atom. The van der Waals surface area contributed by atoms with Gasteiger partial charge in [-0.25, -0.2) is 12.1 Å². The molecule has 0 atom stereocenters. The number of hydrogen-bond acceptors (Lipinski definition) is 3. The second-order valence-corrected chi connectivity index (χ2v) is 5.58. The molecular formula is C10H17F6O3SiZr-. The zero-order valence-corrected chi connectivity index (χ0v) is 15.1. The Bertz CT molecular complexity index is 289. The predicted octanol–water partition coefficient (Wildman–Crippen LogP) is 0.866. The van der Waals surface area contributed by atoms with Crippen molar-refractivity contribution in [2.45, 2.75) is 11.6 Å². The molecule has 1 aromatic carbocycles. The van der Waals surface area contributed by atoms with Crippen LogP contribution in [0.2, 0.25) is 0 Å². The molecule has 0 aromatic heterocycles. The molecule has 0 spiro atoms. The molecule has 1 rings (SSSR count). The molecule has 0 radical (unpaired) electrons. The van der Waals surface area contributed by atoms with Crippen LogP contribution in [-0.4, -0.2) is 57.0 Å². The number of aliphatic hydroxyl groups is 3. The van der Waals surface area contributed by atoms with E-state index in [9.17, 15) is 26.3 Å². The molecule has 0 saturated carbocycles. The second kappa shape index (κ2) is 14.8. The smallest absolute Gasteiger partial charge is 0.361 e. The molecule has 0 bridgehead atoms. The van der Waals surface area contributed by atoms with Crippen LogP contribution in [0.15, 0.2) is 24.3 Å². The fourth-order valence-electron chi connectivity index (χ4n) is 1.14. The summed E-state index contributed by atoms with van der Waals surface area (Å²) in [5.41, 5.74) is 0. The van der Waals surface area contributed by atoms with Gasteiger partial charge in [-0.1, -0.05) is 0 Å². The van der Waals surface area contributed by atoms with Gasteiger partial charge >= 0.3 is 11.6 Å². The van der Waals surface area contributed by atoms with E-state index >= 15 is 0 Å². The van der Waals surface area contributed by atoms with Crippen molar-refractivity contribution in [2.24, 2.45) is 0 Å². The van der Waals surface area contributed by atoms with E-state index in [4.69, 9.17) is 15.3 Å². The molecular weight excluding hydrogens is 401 g/mol. The predicted molar refractivity (Wildman–Crippen MR) is 65.4 cm³/mol. The quantitative estimate of drug-likeness (QED) is 0.360. The zero-order valence-electron chi connectivity index (χ0n) is 11.5.